The highest BCUT2D eigenvalue weighted by molar-refractivity contribution is 6.04. The summed E-state index contributed by atoms with van der Waals surface area (Å²) in [6.07, 6.45) is 0. The average molecular weight is 284 g/mol. The molecule has 2 rings (SSSR count). The number of rotatable bonds is 3. The van der Waals surface area contributed by atoms with Gasteiger partial charge >= 0.3 is 0 Å². The Bertz CT molecular complexity index is 661. The van der Waals surface area contributed by atoms with Crippen molar-refractivity contribution in [2.24, 2.45) is 0 Å². The number of nitrogens with one attached hydrogen (secondary N) is 1. The second kappa shape index (κ2) is 5.87. The van der Waals surface area contributed by atoms with Crippen molar-refractivity contribution in [2.75, 3.05) is 24.3 Å². The SMILES string of the molecule is Cc1cc(NC(=O)c2ccc(N(C)C)cc2)c(C)cc1O. The van der Waals surface area contributed by atoms with Crippen LogP contribution >= 0.6 is 0 Å². The molecule has 0 saturated heterocycles. The van der Waals surface area contributed by atoms with Gasteiger partial charge in [0.25, 0.3) is 5.91 Å². The van der Waals surface area contributed by atoms with Crippen molar-refractivity contribution in [3.05, 3.63) is 53.1 Å². The highest BCUT2D eigenvalue weighted by Crippen LogP contribution is 2.25. The topological polar surface area (TPSA) is 52.6 Å². The van der Waals surface area contributed by atoms with Gasteiger partial charge in [-0.25, -0.2) is 0 Å². The van der Waals surface area contributed by atoms with Crippen LogP contribution in [0.1, 0.15) is 21.5 Å². The molecule has 0 radical (unpaired) electrons. The monoisotopic (exact) mass is 284 g/mol. The van der Waals surface area contributed by atoms with Gasteiger partial charge in [-0.15, -0.1) is 0 Å². The van der Waals surface area contributed by atoms with Crippen LogP contribution in [0, 0.1) is 13.8 Å². The van der Waals surface area contributed by atoms with Crippen LogP contribution < -0.4 is 10.2 Å². The van der Waals surface area contributed by atoms with Gasteiger partial charge in [0.2, 0.25) is 0 Å². The minimum Gasteiger partial charge on any atom is -0.508 e. The fourth-order valence-electron chi connectivity index (χ4n) is 2.04. The van der Waals surface area contributed by atoms with Crippen LogP contribution in [0.25, 0.3) is 0 Å². The van der Waals surface area contributed by atoms with Gasteiger partial charge < -0.3 is 15.3 Å². The number of aromatic hydroxyl groups is 1. The molecule has 4 nitrogen and oxygen atoms in total. The molecule has 0 bridgehead atoms. The van der Waals surface area contributed by atoms with E-state index in [1.165, 1.54) is 0 Å². The quantitative estimate of drug-likeness (QED) is 0.850. The van der Waals surface area contributed by atoms with Crippen LogP contribution in [-0.4, -0.2) is 25.1 Å². The number of hydrogen-bond donors (Lipinski definition) is 2. The summed E-state index contributed by atoms with van der Waals surface area (Å²) in [5, 5.41) is 12.5. The van der Waals surface area contributed by atoms with Gasteiger partial charge in [-0.2, -0.15) is 0 Å². The van der Waals surface area contributed by atoms with E-state index in [1.54, 1.807) is 31.2 Å². The first-order valence-corrected chi connectivity index (χ1v) is 6.77. The van der Waals surface area contributed by atoms with Crippen molar-refractivity contribution in [3.8, 4) is 5.75 Å². The Morgan fingerprint density at radius 2 is 1.67 bits per heavy atom. The molecular weight excluding hydrogens is 264 g/mol. The van der Waals surface area contributed by atoms with Crippen molar-refractivity contribution in [2.45, 2.75) is 13.8 Å². The summed E-state index contributed by atoms with van der Waals surface area (Å²) in [5.74, 6) is 0.0781. The van der Waals surface area contributed by atoms with E-state index in [2.05, 4.69) is 5.32 Å². The first-order valence-electron chi connectivity index (χ1n) is 6.77. The average Bonchev–Trinajstić information content (AvgIpc) is 2.44. The molecule has 0 fully saturated rings. The second-order valence-corrected chi connectivity index (χ2v) is 5.35. The highest BCUT2D eigenvalue weighted by atomic mass is 16.3. The summed E-state index contributed by atoms with van der Waals surface area (Å²) in [7, 11) is 3.91. The molecule has 0 spiro atoms. The summed E-state index contributed by atoms with van der Waals surface area (Å²) in [4.78, 5) is 14.2. The van der Waals surface area contributed by atoms with Crippen LogP contribution in [0.2, 0.25) is 0 Å². The molecule has 110 valence electrons. The fraction of sp³-hybridized carbons (Fsp3) is 0.235. The first-order chi connectivity index (χ1) is 9.88. The minimum absolute atomic E-state index is 0.159. The van der Waals surface area contributed by atoms with Gasteiger partial charge in [-0.05, 0) is 61.4 Å². The van der Waals surface area contributed by atoms with Crippen molar-refractivity contribution >= 4 is 17.3 Å². The van der Waals surface area contributed by atoms with E-state index in [9.17, 15) is 9.90 Å². The van der Waals surface area contributed by atoms with E-state index in [1.807, 2.05) is 38.1 Å². The Morgan fingerprint density at radius 1 is 1.05 bits per heavy atom. The molecule has 0 aliphatic carbocycles. The highest BCUT2D eigenvalue weighted by Gasteiger charge is 2.10. The zero-order chi connectivity index (χ0) is 15.6. The fourth-order valence-corrected chi connectivity index (χ4v) is 2.04. The molecule has 0 saturated carbocycles. The Morgan fingerprint density at radius 3 is 2.24 bits per heavy atom. The lowest BCUT2D eigenvalue weighted by molar-refractivity contribution is 0.102. The number of nitrogens with zero attached hydrogens (tertiary/aromatic N) is 1. The number of benzene rings is 2. The standard InChI is InChI=1S/C17H20N2O2/c1-11-10-16(20)12(2)9-15(11)18-17(21)13-5-7-14(8-6-13)19(3)4/h5-10,20H,1-4H3,(H,18,21). The van der Waals surface area contributed by atoms with E-state index in [0.29, 0.717) is 11.3 Å². The zero-order valence-electron chi connectivity index (χ0n) is 12.8. The maximum absolute atomic E-state index is 12.3. The molecule has 2 N–H and O–H groups in total. The number of carbonyl (C=O) groups excluding carboxylic acids is 1. The van der Waals surface area contributed by atoms with Crippen LogP contribution in [0.15, 0.2) is 36.4 Å². The third kappa shape index (κ3) is 3.34. The number of phenolic OH excluding ortho intramolecular Hbond substituents is 1. The molecule has 0 unspecified atom stereocenters. The smallest absolute Gasteiger partial charge is 0.255 e. The van der Waals surface area contributed by atoms with Gasteiger partial charge in [-0.3, -0.25) is 4.79 Å². The largest absolute Gasteiger partial charge is 0.508 e. The van der Waals surface area contributed by atoms with Crippen LogP contribution in [0.4, 0.5) is 11.4 Å². The van der Waals surface area contributed by atoms with E-state index in [0.717, 1.165) is 16.8 Å². The lowest BCUT2D eigenvalue weighted by Crippen LogP contribution is -2.14. The Kier molecular flexibility index (Phi) is 4.17. The second-order valence-electron chi connectivity index (χ2n) is 5.35. The summed E-state index contributed by atoms with van der Waals surface area (Å²) in [6.45, 7) is 3.65. The Hall–Kier alpha value is -2.49. The predicted octanol–water partition coefficient (Wildman–Crippen LogP) is 3.33. The Labute approximate surface area is 125 Å². The number of amides is 1. The van der Waals surface area contributed by atoms with Crippen molar-refractivity contribution in [3.63, 3.8) is 0 Å². The summed E-state index contributed by atoms with van der Waals surface area (Å²) < 4.78 is 0. The molecule has 1 amide bonds. The number of hydrogen-bond acceptors (Lipinski definition) is 3. The maximum Gasteiger partial charge on any atom is 0.255 e. The third-order valence-electron chi connectivity index (χ3n) is 3.44. The molecule has 0 heterocycles. The molecule has 0 atom stereocenters. The van der Waals surface area contributed by atoms with Crippen molar-refractivity contribution < 1.29 is 9.90 Å². The molecule has 4 heteroatoms. The lowest BCUT2D eigenvalue weighted by atomic mass is 10.1. The number of carbonyl (C=O) groups is 1. The van der Waals surface area contributed by atoms with E-state index >= 15 is 0 Å². The van der Waals surface area contributed by atoms with Crippen LogP contribution in [0.3, 0.4) is 0 Å². The number of aryl methyl sites for hydroxylation is 2. The van der Waals surface area contributed by atoms with Crippen LogP contribution in [0.5, 0.6) is 5.75 Å². The molecule has 0 aliphatic heterocycles. The Balaban J connectivity index is 2.20. The van der Waals surface area contributed by atoms with Crippen LogP contribution in [-0.2, 0) is 0 Å². The van der Waals surface area contributed by atoms with Gasteiger partial charge in [0.15, 0.2) is 0 Å². The molecule has 2 aromatic rings. The molecule has 2 aromatic carbocycles. The van der Waals surface area contributed by atoms with Gasteiger partial charge in [0, 0.05) is 31.0 Å². The first kappa shape index (κ1) is 14.9. The minimum atomic E-state index is -0.159. The molecule has 0 aromatic heterocycles. The predicted molar refractivity (Wildman–Crippen MR) is 86.3 cm³/mol. The van der Waals surface area contributed by atoms with E-state index in [4.69, 9.17) is 0 Å². The van der Waals surface area contributed by atoms with Gasteiger partial charge in [-0.1, -0.05) is 0 Å². The third-order valence-corrected chi connectivity index (χ3v) is 3.44. The zero-order valence-corrected chi connectivity index (χ0v) is 12.8. The normalized spacial score (nSPS) is 10.3. The molecular formula is C17H20N2O2. The van der Waals surface area contributed by atoms with E-state index < -0.39 is 0 Å². The molecule has 0 aliphatic rings. The van der Waals surface area contributed by atoms with Gasteiger partial charge in [0.05, 0.1) is 0 Å². The summed E-state index contributed by atoms with van der Waals surface area (Å²) in [5.41, 5.74) is 3.93. The summed E-state index contributed by atoms with van der Waals surface area (Å²) in [6, 6.07) is 10.8. The number of phenols is 1. The summed E-state index contributed by atoms with van der Waals surface area (Å²) >= 11 is 0. The number of anilines is 2. The maximum atomic E-state index is 12.3. The van der Waals surface area contributed by atoms with Crippen molar-refractivity contribution in [1.82, 2.24) is 0 Å². The van der Waals surface area contributed by atoms with Crippen molar-refractivity contribution in [1.29, 1.82) is 0 Å². The van der Waals surface area contributed by atoms with Gasteiger partial charge in [0.1, 0.15) is 5.75 Å². The lowest BCUT2D eigenvalue weighted by Gasteiger charge is -2.13. The van der Waals surface area contributed by atoms with E-state index in [-0.39, 0.29) is 11.7 Å². The molecule has 21 heavy (non-hydrogen) atoms.